The zero-order chi connectivity index (χ0) is 9.47. The normalized spacial score (nSPS) is 25.5. The molecule has 0 saturated carbocycles. The van der Waals surface area contributed by atoms with Gasteiger partial charge in [0.25, 0.3) is 0 Å². The average molecular weight is 176 g/mol. The van der Waals surface area contributed by atoms with Crippen LogP contribution in [-0.2, 0) is 10.2 Å². The van der Waals surface area contributed by atoms with Gasteiger partial charge in [0.15, 0.2) is 0 Å². The van der Waals surface area contributed by atoms with Gasteiger partial charge in [0.1, 0.15) is 5.82 Å². The standard InChI is InChI=1S/C10H12N2O/c1-3-10(2)7-5-4-6-11-8(7)12-9(10)13/h4-6H,3H2,1-2H3,(H,11,12,13). The first-order valence-corrected chi connectivity index (χ1v) is 4.45. The van der Waals surface area contributed by atoms with E-state index in [1.807, 2.05) is 26.0 Å². The first kappa shape index (κ1) is 8.23. The van der Waals surface area contributed by atoms with Crippen molar-refractivity contribution in [2.75, 3.05) is 5.32 Å². The third-order valence-corrected chi connectivity index (χ3v) is 2.84. The first-order valence-electron chi connectivity index (χ1n) is 4.45. The Bertz CT molecular complexity index is 362. The molecule has 0 radical (unpaired) electrons. The maximum Gasteiger partial charge on any atom is 0.236 e. The zero-order valence-electron chi connectivity index (χ0n) is 7.79. The van der Waals surface area contributed by atoms with Crippen LogP contribution in [0.5, 0.6) is 0 Å². The number of carbonyl (C=O) groups excluding carboxylic acids is 1. The van der Waals surface area contributed by atoms with Gasteiger partial charge >= 0.3 is 0 Å². The number of aromatic nitrogens is 1. The summed E-state index contributed by atoms with van der Waals surface area (Å²) in [5, 5.41) is 2.79. The maximum atomic E-state index is 11.6. The van der Waals surface area contributed by atoms with Crippen molar-refractivity contribution in [1.82, 2.24) is 4.98 Å². The van der Waals surface area contributed by atoms with Crippen molar-refractivity contribution in [3.05, 3.63) is 23.9 Å². The van der Waals surface area contributed by atoms with Crippen LogP contribution in [0.1, 0.15) is 25.8 Å². The fourth-order valence-corrected chi connectivity index (χ4v) is 1.67. The predicted octanol–water partition coefficient (Wildman–Crippen LogP) is 1.70. The minimum Gasteiger partial charge on any atom is -0.310 e. The Labute approximate surface area is 77.2 Å². The Balaban J connectivity index is 2.59. The Kier molecular flexibility index (Phi) is 1.62. The zero-order valence-corrected chi connectivity index (χ0v) is 7.79. The SMILES string of the molecule is CCC1(C)C(=O)Nc2ncccc21. The van der Waals surface area contributed by atoms with E-state index in [-0.39, 0.29) is 11.3 Å². The predicted molar refractivity (Wildman–Crippen MR) is 50.5 cm³/mol. The van der Waals surface area contributed by atoms with Crippen LogP contribution in [0.4, 0.5) is 5.82 Å². The summed E-state index contributed by atoms with van der Waals surface area (Å²) in [4.78, 5) is 15.8. The number of hydrogen-bond acceptors (Lipinski definition) is 2. The van der Waals surface area contributed by atoms with Gasteiger partial charge in [-0.3, -0.25) is 4.79 Å². The summed E-state index contributed by atoms with van der Waals surface area (Å²) in [6, 6.07) is 3.83. The van der Waals surface area contributed by atoms with Crippen LogP contribution >= 0.6 is 0 Å². The highest BCUT2D eigenvalue weighted by Gasteiger charge is 2.41. The number of pyridine rings is 1. The van der Waals surface area contributed by atoms with Gasteiger partial charge in [0.2, 0.25) is 5.91 Å². The molecule has 2 rings (SSSR count). The molecular weight excluding hydrogens is 164 g/mol. The number of fused-ring (bicyclic) bond motifs is 1. The molecule has 1 amide bonds. The summed E-state index contributed by atoms with van der Waals surface area (Å²) in [7, 11) is 0. The monoisotopic (exact) mass is 176 g/mol. The van der Waals surface area contributed by atoms with Crippen LogP contribution in [0.2, 0.25) is 0 Å². The number of carbonyl (C=O) groups is 1. The van der Waals surface area contributed by atoms with E-state index in [0.717, 1.165) is 17.8 Å². The van der Waals surface area contributed by atoms with Gasteiger partial charge in [-0.1, -0.05) is 13.0 Å². The van der Waals surface area contributed by atoms with Gasteiger partial charge < -0.3 is 5.32 Å². The van der Waals surface area contributed by atoms with Gasteiger partial charge in [-0.05, 0) is 19.4 Å². The molecule has 3 heteroatoms. The number of amides is 1. The second-order valence-electron chi connectivity index (χ2n) is 3.54. The van der Waals surface area contributed by atoms with E-state index in [4.69, 9.17) is 0 Å². The largest absolute Gasteiger partial charge is 0.310 e. The Morgan fingerprint density at radius 3 is 3.08 bits per heavy atom. The molecule has 0 aliphatic carbocycles. The van der Waals surface area contributed by atoms with E-state index in [9.17, 15) is 4.79 Å². The van der Waals surface area contributed by atoms with Crippen LogP contribution in [0, 0.1) is 0 Å². The molecule has 1 atom stereocenters. The second-order valence-corrected chi connectivity index (χ2v) is 3.54. The highest BCUT2D eigenvalue weighted by atomic mass is 16.2. The van der Waals surface area contributed by atoms with E-state index in [1.165, 1.54) is 0 Å². The van der Waals surface area contributed by atoms with Crippen LogP contribution in [0.15, 0.2) is 18.3 Å². The highest BCUT2D eigenvalue weighted by molar-refractivity contribution is 6.04. The second kappa shape index (κ2) is 2.55. The molecule has 0 aromatic carbocycles. The lowest BCUT2D eigenvalue weighted by Gasteiger charge is -2.18. The Morgan fingerprint density at radius 1 is 1.62 bits per heavy atom. The third-order valence-electron chi connectivity index (χ3n) is 2.84. The van der Waals surface area contributed by atoms with Crippen LogP contribution in [-0.4, -0.2) is 10.9 Å². The maximum absolute atomic E-state index is 11.6. The van der Waals surface area contributed by atoms with E-state index >= 15 is 0 Å². The molecule has 1 unspecified atom stereocenters. The quantitative estimate of drug-likeness (QED) is 0.707. The fraction of sp³-hybridized carbons (Fsp3) is 0.400. The third kappa shape index (κ3) is 0.963. The Hall–Kier alpha value is -1.38. The van der Waals surface area contributed by atoms with Crippen LogP contribution < -0.4 is 5.32 Å². The number of rotatable bonds is 1. The van der Waals surface area contributed by atoms with Crippen molar-refractivity contribution < 1.29 is 4.79 Å². The first-order chi connectivity index (χ1) is 6.18. The number of nitrogens with one attached hydrogen (secondary N) is 1. The fourth-order valence-electron chi connectivity index (χ4n) is 1.67. The molecule has 0 fully saturated rings. The van der Waals surface area contributed by atoms with Crippen LogP contribution in [0.25, 0.3) is 0 Å². The topological polar surface area (TPSA) is 42.0 Å². The summed E-state index contributed by atoms with van der Waals surface area (Å²) in [5.74, 6) is 0.778. The minimum absolute atomic E-state index is 0.0590. The molecule has 0 spiro atoms. The molecule has 1 aliphatic rings. The molecule has 0 saturated heterocycles. The highest BCUT2D eigenvalue weighted by Crippen LogP contribution is 2.38. The Morgan fingerprint density at radius 2 is 2.38 bits per heavy atom. The molecule has 1 N–H and O–H groups in total. The van der Waals surface area contributed by atoms with Crippen molar-refractivity contribution in [3.8, 4) is 0 Å². The summed E-state index contributed by atoms with van der Waals surface area (Å²) >= 11 is 0. The summed E-state index contributed by atoms with van der Waals surface area (Å²) < 4.78 is 0. The van der Waals surface area contributed by atoms with E-state index in [1.54, 1.807) is 6.20 Å². The number of anilines is 1. The van der Waals surface area contributed by atoms with Crippen molar-refractivity contribution >= 4 is 11.7 Å². The molecule has 3 nitrogen and oxygen atoms in total. The molecule has 0 bridgehead atoms. The molecule has 1 aromatic rings. The molecule has 1 aromatic heterocycles. The van der Waals surface area contributed by atoms with Crippen molar-refractivity contribution in [2.45, 2.75) is 25.7 Å². The molecule has 13 heavy (non-hydrogen) atoms. The van der Waals surface area contributed by atoms with E-state index < -0.39 is 0 Å². The molecule has 2 heterocycles. The lowest BCUT2D eigenvalue weighted by atomic mass is 9.82. The lowest BCUT2D eigenvalue weighted by molar-refractivity contribution is -0.120. The van der Waals surface area contributed by atoms with E-state index in [2.05, 4.69) is 10.3 Å². The number of nitrogens with zero attached hydrogens (tertiary/aromatic N) is 1. The van der Waals surface area contributed by atoms with Crippen LogP contribution in [0.3, 0.4) is 0 Å². The van der Waals surface area contributed by atoms with Gasteiger partial charge in [-0.15, -0.1) is 0 Å². The lowest BCUT2D eigenvalue weighted by Crippen LogP contribution is -2.29. The molecule has 68 valence electrons. The van der Waals surface area contributed by atoms with Crippen molar-refractivity contribution in [3.63, 3.8) is 0 Å². The molecular formula is C10H12N2O. The minimum atomic E-state index is -0.385. The number of hydrogen-bond donors (Lipinski definition) is 1. The molecule has 1 aliphatic heterocycles. The smallest absolute Gasteiger partial charge is 0.236 e. The average Bonchev–Trinajstić information content (AvgIpc) is 2.41. The van der Waals surface area contributed by atoms with Gasteiger partial charge in [0.05, 0.1) is 5.41 Å². The summed E-state index contributed by atoms with van der Waals surface area (Å²) in [6.07, 6.45) is 2.50. The van der Waals surface area contributed by atoms with Gasteiger partial charge in [0, 0.05) is 11.8 Å². The summed E-state index contributed by atoms with van der Waals surface area (Å²) in [6.45, 7) is 3.97. The van der Waals surface area contributed by atoms with Crippen molar-refractivity contribution in [2.24, 2.45) is 0 Å². The van der Waals surface area contributed by atoms with Gasteiger partial charge in [-0.25, -0.2) is 4.98 Å². The van der Waals surface area contributed by atoms with E-state index in [0.29, 0.717) is 0 Å². The van der Waals surface area contributed by atoms with Gasteiger partial charge in [-0.2, -0.15) is 0 Å². The summed E-state index contributed by atoms with van der Waals surface area (Å²) in [5.41, 5.74) is 0.631. The van der Waals surface area contributed by atoms with Crippen molar-refractivity contribution in [1.29, 1.82) is 0 Å².